The molecule has 0 saturated heterocycles. The second-order valence-electron chi connectivity index (χ2n) is 5.30. The highest BCUT2D eigenvalue weighted by Gasteiger charge is 2.17. The van der Waals surface area contributed by atoms with Gasteiger partial charge < -0.3 is 11.2 Å². The van der Waals surface area contributed by atoms with E-state index in [2.05, 4.69) is 15.5 Å². The lowest BCUT2D eigenvalue weighted by molar-refractivity contribution is -0.383. The highest BCUT2D eigenvalue weighted by Crippen LogP contribution is 2.25. The van der Waals surface area contributed by atoms with Gasteiger partial charge in [-0.15, -0.1) is 10.2 Å². The minimum Gasteiger partial charge on any atom is -0.335 e. The molecule has 138 valence electrons. The topological polar surface area (TPSA) is 129 Å². The maximum atomic E-state index is 13.3. The fourth-order valence-electron chi connectivity index (χ4n) is 2.25. The van der Waals surface area contributed by atoms with Gasteiger partial charge in [0.25, 0.3) is 5.69 Å². The van der Waals surface area contributed by atoms with Crippen molar-refractivity contribution in [3.05, 3.63) is 64.5 Å². The summed E-state index contributed by atoms with van der Waals surface area (Å²) in [6.45, 7) is 0. The van der Waals surface area contributed by atoms with Crippen LogP contribution in [0.3, 0.4) is 0 Å². The number of anilines is 1. The van der Waals surface area contributed by atoms with Crippen molar-refractivity contribution in [2.45, 2.75) is 5.16 Å². The van der Waals surface area contributed by atoms with Gasteiger partial charge in [-0.25, -0.2) is 9.07 Å². The van der Waals surface area contributed by atoms with Crippen LogP contribution in [0.5, 0.6) is 0 Å². The zero-order chi connectivity index (χ0) is 19.4. The normalized spacial score (nSPS) is 10.6. The van der Waals surface area contributed by atoms with Crippen LogP contribution in [0, 0.1) is 15.9 Å². The number of amides is 1. The summed E-state index contributed by atoms with van der Waals surface area (Å²) in [4.78, 5) is 22.5. The first-order chi connectivity index (χ1) is 13.0. The molecular weight excluding hydrogens is 375 g/mol. The molecule has 0 atom stereocenters. The van der Waals surface area contributed by atoms with E-state index in [1.54, 1.807) is 12.1 Å². The van der Waals surface area contributed by atoms with Crippen molar-refractivity contribution in [3.63, 3.8) is 0 Å². The molecule has 0 radical (unpaired) electrons. The molecule has 1 amide bonds. The summed E-state index contributed by atoms with van der Waals surface area (Å²) >= 11 is 0.997. The van der Waals surface area contributed by atoms with E-state index in [0.29, 0.717) is 5.56 Å². The van der Waals surface area contributed by atoms with Gasteiger partial charge in [0, 0.05) is 11.6 Å². The Bertz CT molecular complexity index is 1010. The summed E-state index contributed by atoms with van der Waals surface area (Å²) in [5, 5.41) is 21.5. The highest BCUT2D eigenvalue weighted by atomic mass is 32.2. The van der Waals surface area contributed by atoms with E-state index in [0.717, 1.165) is 16.4 Å². The van der Waals surface area contributed by atoms with Crippen LogP contribution in [0.4, 0.5) is 15.8 Å². The van der Waals surface area contributed by atoms with Crippen molar-refractivity contribution in [2.24, 2.45) is 0 Å². The first-order valence-electron chi connectivity index (χ1n) is 7.58. The Morgan fingerprint density at radius 2 is 2.04 bits per heavy atom. The zero-order valence-corrected chi connectivity index (χ0v) is 14.5. The van der Waals surface area contributed by atoms with Gasteiger partial charge in [0.05, 0.1) is 10.7 Å². The summed E-state index contributed by atoms with van der Waals surface area (Å²) < 4.78 is 14.5. The Kier molecular flexibility index (Phi) is 5.31. The fraction of sp³-hybridized carbons (Fsp3) is 0.0625. The number of nitrogen functional groups attached to an aromatic ring is 1. The van der Waals surface area contributed by atoms with Gasteiger partial charge in [-0.05, 0) is 18.2 Å². The van der Waals surface area contributed by atoms with E-state index in [1.807, 2.05) is 0 Å². The van der Waals surface area contributed by atoms with Gasteiger partial charge >= 0.3 is 0 Å². The minimum atomic E-state index is -0.579. The molecule has 3 rings (SSSR count). The number of hydrogen-bond donors (Lipinski definition) is 2. The number of para-hydroxylation sites is 2. The third-order valence-electron chi connectivity index (χ3n) is 3.45. The highest BCUT2D eigenvalue weighted by molar-refractivity contribution is 7.99. The molecule has 0 unspecified atom stereocenters. The van der Waals surface area contributed by atoms with E-state index in [-0.39, 0.29) is 28.1 Å². The number of nitrogens with one attached hydrogen (secondary N) is 1. The first kappa shape index (κ1) is 18.3. The van der Waals surface area contributed by atoms with Crippen molar-refractivity contribution < 1.29 is 14.1 Å². The molecule has 9 nitrogen and oxygen atoms in total. The minimum absolute atomic E-state index is 0.0927. The van der Waals surface area contributed by atoms with Gasteiger partial charge in [0.15, 0.2) is 5.82 Å². The molecule has 27 heavy (non-hydrogen) atoms. The largest absolute Gasteiger partial charge is 0.335 e. The average Bonchev–Trinajstić information content (AvgIpc) is 3.01. The quantitative estimate of drug-likeness (QED) is 0.287. The molecule has 0 saturated carbocycles. The van der Waals surface area contributed by atoms with Crippen molar-refractivity contribution >= 4 is 29.0 Å². The zero-order valence-electron chi connectivity index (χ0n) is 13.7. The third-order valence-corrected chi connectivity index (χ3v) is 4.40. The second-order valence-corrected chi connectivity index (χ2v) is 6.24. The molecule has 0 aliphatic rings. The second kappa shape index (κ2) is 7.83. The summed E-state index contributed by atoms with van der Waals surface area (Å²) in [6.07, 6.45) is 0. The standard InChI is InChI=1S/C16H13FN6O3S/c17-11-5-3-4-10(8-11)15-20-21-16(22(15)18)27-9-14(24)19-12-6-1-2-7-13(12)23(25)26/h1-8H,9,18H2,(H,19,24). The molecule has 3 aromatic rings. The van der Waals surface area contributed by atoms with Crippen LogP contribution >= 0.6 is 11.8 Å². The predicted molar refractivity (Wildman–Crippen MR) is 98.0 cm³/mol. The molecule has 11 heteroatoms. The summed E-state index contributed by atoms with van der Waals surface area (Å²) in [7, 11) is 0. The molecule has 0 bridgehead atoms. The van der Waals surface area contributed by atoms with Gasteiger partial charge in [0.2, 0.25) is 11.1 Å². The molecule has 0 aliphatic heterocycles. The van der Waals surface area contributed by atoms with E-state index >= 15 is 0 Å². The van der Waals surface area contributed by atoms with Crippen molar-refractivity contribution in [1.82, 2.24) is 14.9 Å². The molecule has 0 spiro atoms. The number of nitro benzene ring substituents is 1. The fourth-order valence-corrected chi connectivity index (χ4v) is 2.91. The Balaban J connectivity index is 1.67. The van der Waals surface area contributed by atoms with Crippen molar-refractivity contribution in [2.75, 3.05) is 16.9 Å². The number of thioether (sulfide) groups is 1. The summed E-state index contributed by atoms with van der Waals surface area (Å²) in [5.74, 6) is 5.16. The van der Waals surface area contributed by atoms with Crippen molar-refractivity contribution in [3.8, 4) is 11.4 Å². The van der Waals surface area contributed by atoms with E-state index in [1.165, 1.54) is 36.4 Å². The van der Waals surface area contributed by atoms with Crippen LogP contribution in [0.15, 0.2) is 53.7 Å². The smallest absolute Gasteiger partial charge is 0.292 e. The summed E-state index contributed by atoms with van der Waals surface area (Å²) in [6, 6.07) is 11.5. The number of benzene rings is 2. The average molecular weight is 388 g/mol. The number of hydrogen-bond acceptors (Lipinski definition) is 7. The SMILES string of the molecule is Nn1c(SCC(=O)Nc2ccccc2[N+](=O)[O-])nnc1-c1cccc(F)c1. The van der Waals surface area contributed by atoms with E-state index < -0.39 is 16.6 Å². The van der Waals surface area contributed by atoms with Gasteiger partial charge in [-0.1, -0.05) is 36.0 Å². The number of halogens is 1. The van der Waals surface area contributed by atoms with Gasteiger partial charge in [-0.3, -0.25) is 14.9 Å². The molecule has 1 heterocycles. The van der Waals surface area contributed by atoms with Crippen LogP contribution in [0.25, 0.3) is 11.4 Å². The molecular formula is C16H13FN6O3S. The van der Waals surface area contributed by atoms with Crippen LogP contribution in [-0.2, 0) is 4.79 Å². The lowest BCUT2D eigenvalue weighted by Crippen LogP contribution is -2.17. The maximum Gasteiger partial charge on any atom is 0.292 e. The van der Waals surface area contributed by atoms with Crippen LogP contribution in [0.2, 0.25) is 0 Å². The van der Waals surface area contributed by atoms with Crippen LogP contribution in [0.1, 0.15) is 0 Å². The molecule has 3 N–H and O–H groups in total. The Labute approximate surface area is 156 Å². The van der Waals surface area contributed by atoms with E-state index in [4.69, 9.17) is 5.84 Å². The lowest BCUT2D eigenvalue weighted by atomic mass is 10.2. The maximum absolute atomic E-state index is 13.3. The number of rotatable bonds is 6. The number of aromatic nitrogens is 3. The molecule has 0 aliphatic carbocycles. The summed E-state index contributed by atoms with van der Waals surface area (Å²) in [5.41, 5.74) is 0.343. The number of carbonyl (C=O) groups is 1. The molecule has 2 aromatic carbocycles. The van der Waals surface area contributed by atoms with Gasteiger partial charge in [0.1, 0.15) is 11.5 Å². The Morgan fingerprint density at radius 1 is 1.26 bits per heavy atom. The molecule has 0 fully saturated rings. The number of nitrogens with two attached hydrogens (primary N) is 1. The van der Waals surface area contributed by atoms with Crippen molar-refractivity contribution in [1.29, 1.82) is 0 Å². The first-order valence-corrected chi connectivity index (χ1v) is 8.57. The van der Waals surface area contributed by atoms with Crippen LogP contribution in [-0.4, -0.2) is 31.5 Å². The number of carbonyl (C=O) groups excluding carboxylic acids is 1. The number of nitrogens with zero attached hydrogens (tertiary/aromatic N) is 4. The van der Waals surface area contributed by atoms with Gasteiger partial charge in [-0.2, -0.15) is 0 Å². The van der Waals surface area contributed by atoms with E-state index in [9.17, 15) is 19.3 Å². The predicted octanol–water partition coefficient (Wildman–Crippen LogP) is 2.44. The molecule has 1 aromatic heterocycles. The number of nitro groups is 1. The Hall–Kier alpha value is -3.47. The monoisotopic (exact) mass is 388 g/mol. The van der Waals surface area contributed by atoms with Crippen LogP contribution < -0.4 is 11.2 Å². The Morgan fingerprint density at radius 3 is 2.78 bits per heavy atom. The lowest BCUT2D eigenvalue weighted by Gasteiger charge is -2.06. The third kappa shape index (κ3) is 4.20.